The zero-order valence-electron chi connectivity index (χ0n) is 11.1. The zero-order chi connectivity index (χ0) is 13.5. The van der Waals surface area contributed by atoms with E-state index in [1.165, 1.54) is 18.4 Å². The van der Waals surface area contributed by atoms with Crippen LogP contribution in [-0.2, 0) is 0 Å². The largest absolute Gasteiger partial charge is 0.260 e. The predicted molar refractivity (Wildman–Crippen MR) is 77.2 cm³/mol. The molecule has 0 radical (unpaired) electrons. The van der Waals surface area contributed by atoms with E-state index in [2.05, 4.69) is 40.6 Å². The number of fused-ring (bicyclic) bond motifs is 1. The Bertz CT molecular complexity index is 533. The molecule has 4 rings (SSSR count). The van der Waals surface area contributed by atoms with E-state index >= 15 is 0 Å². The van der Waals surface area contributed by atoms with Crippen LogP contribution < -0.4 is 5.43 Å². The summed E-state index contributed by atoms with van der Waals surface area (Å²) in [6, 6.07) is 3.44. The minimum Gasteiger partial charge on any atom is -0.260 e. The summed E-state index contributed by atoms with van der Waals surface area (Å²) in [4.78, 5) is 0. The van der Waals surface area contributed by atoms with Crippen molar-refractivity contribution in [1.82, 2.24) is 10.2 Å². The summed E-state index contributed by atoms with van der Waals surface area (Å²) < 4.78 is 0. The maximum atomic E-state index is 5.67. The van der Waals surface area contributed by atoms with Crippen LogP contribution in [0.3, 0.4) is 0 Å². The first-order valence-electron chi connectivity index (χ1n) is 6.56. The fourth-order valence-electron chi connectivity index (χ4n) is 3.09. The van der Waals surface area contributed by atoms with Crippen molar-refractivity contribution >= 4 is 23.6 Å². The van der Waals surface area contributed by atoms with Crippen LogP contribution in [0.25, 0.3) is 0 Å². The molecule has 100 valence electrons. The summed E-state index contributed by atoms with van der Waals surface area (Å²) in [5, 5.41) is 12.3. The molecule has 2 bridgehead atoms. The molecule has 0 amide bonds. The number of hydrogen-bond donors (Lipinski definition) is 1. The minimum absolute atomic E-state index is 0.381. The summed E-state index contributed by atoms with van der Waals surface area (Å²) in [6.07, 6.45) is 6.69. The quantitative estimate of drug-likeness (QED) is 0.679. The molecule has 3 aliphatic rings. The van der Waals surface area contributed by atoms with E-state index in [1.54, 1.807) is 12.1 Å². The highest BCUT2D eigenvalue weighted by Crippen LogP contribution is 2.58. The Morgan fingerprint density at radius 1 is 1.42 bits per heavy atom. The van der Waals surface area contributed by atoms with E-state index in [0.29, 0.717) is 22.3 Å². The molecular weight excluding hydrogens is 260 g/mol. The normalized spacial score (nSPS) is 27.8. The molecule has 3 aliphatic carbocycles. The molecule has 0 unspecified atom stereocenters. The van der Waals surface area contributed by atoms with E-state index in [0.717, 1.165) is 5.92 Å². The highest BCUT2D eigenvalue weighted by molar-refractivity contribution is 6.29. The molecule has 5 heteroatoms. The molecule has 1 fully saturated rings. The molecule has 1 aromatic heterocycles. The van der Waals surface area contributed by atoms with Gasteiger partial charge in [0.15, 0.2) is 11.0 Å². The summed E-state index contributed by atoms with van der Waals surface area (Å²) in [6.45, 7) is 4.70. The van der Waals surface area contributed by atoms with Gasteiger partial charge in [0.05, 0.1) is 6.21 Å². The molecule has 0 aliphatic heterocycles. The summed E-state index contributed by atoms with van der Waals surface area (Å²) in [5.74, 6) is 2.10. The Kier molecular flexibility index (Phi) is 3.05. The summed E-state index contributed by atoms with van der Waals surface area (Å²) in [5.41, 5.74) is 4.64. The third-order valence-corrected chi connectivity index (χ3v) is 4.74. The molecule has 1 N–H and O–H groups in total. The zero-order valence-corrected chi connectivity index (χ0v) is 11.9. The van der Waals surface area contributed by atoms with Gasteiger partial charge in [-0.05, 0) is 47.8 Å². The lowest BCUT2D eigenvalue weighted by atomic mass is 9.49. The van der Waals surface area contributed by atoms with Crippen LogP contribution in [0.4, 0.5) is 5.82 Å². The number of nitrogens with one attached hydrogen (secondary N) is 1. The van der Waals surface area contributed by atoms with Crippen molar-refractivity contribution < 1.29 is 0 Å². The van der Waals surface area contributed by atoms with Crippen LogP contribution in [0.2, 0.25) is 5.15 Å². The second kappa shape index (κ2) is 4.60. The Morgan fingerprint density at radius 3 is 2.89 bits per heavy atom. The third-order valence-electron chi connectivity index (χ3n) is 4.54. The van der Waals surface area contributed by atoms with Crippen LogP contribution in [-0.4, -0.2) is 16.4 Å². The number of halogens is 1. The van der Waals surface area contributed by atoms with Gasteiger partial charge in [0.25, 0.3) is 0 Å². The molecular formula is C14H17ClN4. The number of anilines is 1. The number of aromatic nitrogens is 2. The Labute approximate surface area is 118 Å². The average Bonchev–Trinajstić information content (AvgIpc) is 2.41. The van der Waals surface area contributed by atoms with Crippen molar-refractivity contribution in [2.75, 3.05) is 5.43 Å². The smallest absolute Gasteiger partial charge is 0.168 e. The fraction of sp³-hybridized carbons (Fsp3) is 0.500. The Morgan fingerprint density at radius 2 is 2.26 bits per heavy atom. The van der Waals surface area contributed by atoms with Gasteiger partial charge in [0.2, 0.25) is 0 Å². The molecule has 2 atom stereocenters. The Hall–Kier alpha value is -1.42. The van der Waals surface area contributed by atoms with Crippen LogP contribution in [0.15, 0.2) is 28.9 Å². The topological polar surface area (TPSA) is 50.2 Å². The number of hydrogen-bond acceptors (Lipinski definition) is 4. The lowest BCUT2D eigenvalue weighted by Gasteiger charge is -2.55. The molecule has 1 saturated carbocycles. The van der Waals surface area contributed by atoms with Gasteiger partial charge in [-0.25, -0.2) is 0 Å². The molecule has 0 saturated heterocycles. The molecule has 0 spiro atoms. The first kappa shape index (κ1) is 12.6. The van der Waals surface area contributed by atoms with Crippen LogP contribution >= 0.6 is 11.6 Å². The second-order valence-electron chi connectivity index (χ2n) is 5.86. The highest BCUT2D eigenvalue weighted by Gasteiger charge is 2.50. The highest BCUT2D eigenvalue weighted by atomic mass is 35.5. The van der Waals surface area contributed by atoms with Gasteiger partial charge in [0.1, 0.15) is 0 Å². The van der Waals surface area contributed by atoms with E-state index in [-0.39, 0.29) is 0 Å². The van der Waals surface area contributed by atoms with Crippen molar-refractivity contribution in [3.8, 4) is 0 Å². The van der Waals surface area contributed by atoms with Crippen molar-refractivity contribution in [2.24, 2.45) is 22.4 Å². The fourth-order valence-corrected chi connectivity index (χ4v) is 3.19. The minimum atomic E-state index is 0.381. The summed E-state index contributed by atoms with van der Waals surface area (Å²) >= 11 is 5.67. The number of hydrazone groups is 1. The standard InChI is InChI=1S/C14H17ClN4/c1-14(2)10-4-3-9(11(14)7-10)8-16-18-13-6-5-12(15)17-19-13/h3,5-6,8,10-11H,4,7H2,1-2H3,(H,18,19)/t10-,11+/m0/s1. The molecule has 4 nitrogen and oxygen atoms in total. The van der Waals surface area contributed by atoms with E-state index < -0.39 is 0 Å². The van der Waals surface area contributed by atoms with Crippen molar-refractivity contribution in [3.05, 3.63) is 28.9 Å². The predicted octanol–water partition coefficient (Wildman–Crippen LogP) is 3.52. The van der Waals surface area contributed by atoms with Crippen LogP contribution in [0.5, 0.6) is 0 Å². The maximum absolute atomic E-state index is 5.67. The monoisotopic (exact) mass is 276 g/mol. The van der Waals surface area contributed by atoms with Crippen molar-refractivity contribution in [1.29, 1.82) is 0 Å². The third kappa shape index (κ3) is 2.25. The molecule has 19 heavy (non-hydrogen) atoms. The molecule has 0 aromatic carbocycles. The van der Waals surface area contributed by atoms with Gasteiger partial charge in [-0.15, -0.1) is 10.2 Å². The Balaban J connectivity index is 1.64. The van der Waals surface area contributed by atoms with Gasteiger partial charge >= 0.3 is 0 Å². The number of rotatable bonds is 3. The van der Waals surface area contributed by atoms with Crippen molar-refractivity contribution in [3.63, 3.8) is 0 Å². The van der Waals surface area contributed by atoms with Gasteiger partial charge in [-0.1, -0.05) is 31.5 Å². The number of allylic oxidation sites excluding steroid dienone is 2. The van der Waals surface area contributed by atoms with E-state index in [4.69, 9.17) is 11.6 Å². The average molecular weight is 277 g/mol. The lowest BCUT2D eigenvalue weighted by molar-refractivity contribution is -0.00124. The molecule has 1 heterocycles. The SMILES string of the molecule is CC1(C)[C@H]2CC=C(C=NNc3ccc(Cl)nn3)[C@H]1C2. The lowest BCUT2D eigenvalue weighted by Crippen LogP contribution is -2.48. The first-order valence-corrected chi connectivity index (χ1v) is 6.93. The van der Waals surface area contributed by atoms with Gasteiger partial charge in [-0.2, -0.15) is 5.10 Å². The van der Waals surface area contributed by atoms with Gasteiger partial charge in [-0.3, -0.25) is 5.43 Å². The van der Waals surface area contributed by atoms with Crippen LogP contribution in [0, 0.1) is 17.3 Å². The number of nitrogens with zero attached hydrogens (tertiary/aromatic N) is 3. The van der Waals surface area contributed by atoms with E-state index in [1.807, 2.05) is 6.21 Å². The van der Waals surface area contributed by atoms with Crippen LogP contribution in [0.1, 0.15) is 26.7 Å². The van der Waals surface area contributed by atoms with Crippen molar-refractivity contribution in [2.45, 2.75) is 26.7 Å². The second-order valence-corrected chi connectivity index (χ2v) is 6.24. The van der Waals surface area contributed by atoms with Gasteiger partial charge < -0.3 is 0 Å². The maximum Gasteiger partial charge on any atom is 0.168 e. The first-order chi connectivity index (χ1) is 9.07. The van der Waals surface area contributed by atoms with Gasteiger partial charge in [0, 0.05) is 0 Å². The summed E-state index contributed by atoms with van der Waals surface area (Å²) in [7, 11) is 0. The van der Waals surface area contributed by atoms with E-state index in [9.17, 15) is 0 Å². The molecule has 1 aromatic rings.